The van der Waals surface area contributed by atoms with E-state index in [9.17, 15) is 9.36 Å². The van der Waals surface area contributed by atoms with Crippen LogP contribution < -0.4 is 5.76 Å². The summed E-state index contributed by atoms with van der Waals surface area (Å²) in [5.74, 6) is -0.672. The third kappa shape index (κ3) is 3.55. The smallest absolute Gasteiger partial charge is 0.391 e. The summed E-state index contributed by atoms with van der Waals surface area (Å²) in [6, 6.07) is 0. The van der Waals surface area contributed by atoms with Gasteiger partial charge in [0.2, 0.25) is 5.89 Å². The lowest BCUT2D eigenvalue weighted by atomic mass is 10.0. The molecule has 21 heavy (non-hydrogen) atoms. The van der Waals surface area contributed by atoms with Crippen molar-refractivity contribution in [1.29, 1.82) is 0 Å². The quantitative estimate of drug-likeness (QED) is 0.483. The molecule has 0 N–H and O–H groups in total. The van der Waals surface area contributed by atoms with Gasteiger partial charge in [-0.05, 0) is 19.3 Å². The van der Waals surface area contributed by atoms with Gasteiger partial charge >= 0.3 is 13.5 Å². The maximum Gasteiger partial charge on any atom is 0.487 e. The van der Waals surface area contributed by atoms with E-state index in [1.54, 1.807) is 0 Å². The van der Waals surface area contributed by atoms with E-state index in [0.29, 0.717) is 29.1 Å². The summed E-state index contributed by atoms with van der Waals surface area (Å²) in [6.45, 7) is 1.97. The third-order valence-corrected chi connectivity index (χ3v) is 6.12. The molecule has 2 rings (SSSR count). The third-order valence-electron chi connectivity index (χ3n) is 3.13. The Kier molecular flexibility index (Phi) is 5.58. The maximum absolute atomic E-state index is 12.6. The van der Waals surface area contributed by atoms with Crippen LogP contribution in [0.15, 0.2) is 9.21 Å². The lowest BCUT2D eigenvalue weighted by molar-refractivity contribution is 0.356. The van der Waals surface area contributed by atoms with E-state index in [1.807, 2.05) is 6.92 Å². The average molecular weight is 358 g/mol. The Morgan fingerprint density at radius 1 is 1.33 bits per heavy atom. The van der Waals surface area contributed by atoms with Crippen molar-refractivity contribution in [3.8, 4) is 0 Å². The van der Waals surface area contributed by atoms with Gasteiger partial charge in [-0.3, -0.25) is 8.37 Å². The number of nitrogens with zero attached hydrogens (tertiary/aromatic N) is 2. The van der Waals surface area contributed by atoms with Gasteiger partial charge in [-0.15, -0.1) is 5.10 Å². The molecular weight excluding hydrogens is 343 g/mol. The first-order valence-corrected chi connectivity index (χ1v) is 8.84. The van der Waals surface area contributed by atoms with E-state index in [2.05, 4.69) is 13.5 Å². The average Bonchev–Trinajstić information content (AvgIpc) is 3.19. The molecule has 1 heterocycles. The van der Waals surface area contributed by atoms with E-state index >= 15 is 0 Å². The first kappa shape index (κ1) is 17.1. The van der Waals surface area contributed by atoms with Crippen molar-refractivity contribution in [2.45, 2.75) is 31.6 Å². The van der Waals surface area contributed by atoms with Crippen LogP contribution in [0.1, 0.15) is 32.1 Å². The summed E-state index contributed by atoms with van der Waals surface area (Å²) in [5.41, 5.74) is -0.252. The minimum absolute atomic E-state index is 0.243. The molecule has 1 aliphatic carbocycles. The van der Waals surface area contributed by atoms with Crippen molar-refractivity contribution in [2.24, 2.45) is 0 Å². The van der Waals surface area contributed by atoms with Crippen LogP contribution in [0.25, 0.3) is 0 Å². The van der Waals surface area contributed by atoms with Gasteiger partial charge in [-0.25, -0.2) is 9.36 Å². The SMILES string of the molecule is CCC1(c2nn(P(=O)(OSOC)OSOC)c(=O)o2)CC1. The van der Waals surface area contributed by atoms with E-state index in [4.69, 9.17) is 12.4 Å². The summed E-state index contributed by atoms with van der Waals surface area (Å²) in [7, 11) is -1.48. The van der Waals surface area contributed by atoms with Crippen molar-refractivity contribution in [2.75, 3.05) is 14.2 Å². The second-order valence-corrected chi connectivity index (χ2v) is 7.73. The molecule has 0 atom stereocenters. The van der Waals surface area contributed by atoms with E-state index in [-0.39, 0.29) is 11.3 Å². The van der Waals surface area contributed by atoms with Gasteiger partial charge in [0, 0.05) is 5.41 Å². The Hall–Kier alpha value is -0.290. The lowest BCUT2D eigenvalue weighted by Gasteiger charge is -2.12. The highest BCUT2D eigenvalue weighted by Gasteiger charge is 2.49. The molecule has 1 aliphatic rings. The number of hydrogen-bond acceptors (Lipinski definition) is 10. The molecular formula is C9H15N2O7PS2. The number of rotatable bonds is 9. The predicted molar refractivity (Wildman–Crippen MR) is 76.3 cm³/mol. The number of aromatic nitrogens is 2. The van der Waals surface area contributed by atoms with Crippen molar-refractivity contribution in [3.05, 3.63) is 16.4 Å². The van der Waals surface area contributed by atoms with Crippen molar-refractivity contribution >= 4 is 32.4 Å². The van der Waals surface area contributed by atoms with Crippen LogP contribution >= 0.6 is 32.4 Å². The highest BCUT2D eigenvalue weighted by molar-refractivity contribution is 7.97. The molecule has 9 nitrogen and oxygen atoms in total. The van der Waals surface area contributed by atoms with Crippen LogP contribution in [0.2, 0.25) is 0 Å². The zero-order valence-corrected chi connectivity index (χ0v) is 14.2. The Morgan fingerprint density at radius 3 is 2.33 bits per heavy atom. The molecule has 12 heteroatoms. The molecule has 0 spiro atoms. The summed E-state index contributed by atoms with van der Waals surface area (Å²) in [4.78, 5) is 11.9. The van der Waals surface area contributed by atoms with Gasteiger partial charge in [-0.1, -0.05) is 11.4 Å². The predicted octanol–water partition coefficient (Wildman–Crippen LogP) is 2.69. The Labute approximate surface area is 130 Å². The van der Waals surface area contributed by atoms with Gasteiger partial charge < -0.3 is 4.42 Å². The zero-order chi connectivity index (χ0) is 15.5. The molecule has 0 aliphatic heterocycles. The summed E-state index contributed by atoms with van der Waals surface area (Å²) >= 11 is 0.818. The molecule has 0 aromatic carbocycles. The normalized spacial score (nSPS) is 17.1. The van der Waals surface area contributed by atoms with Crippen LogP contribution in [0, 0.1) is 0 Å². The molecule has 0 radical (unpaired) electrons. The molecule has 1 aromatic rings. The minimum atomic E-state index is -4.10. The van der Waals surface area contributed by atoms with Crippen LogP contribution in [0.5, 0.6) is 0 Å². The van der Waals surface area contributed by atoms with Gasteiger partial charge in [0.1, 0.15) is 0 Å². The molecule has 0 unspecified atom stereocenters. The highest BCUT2D eigenvalue weighted by Crippen LogP contribution is 2.56. The molecule has 120 valence electrons. The molecule has 0 saturated heterocycles. The Morgan fingerprint density at radius 2 is 1.90 bits per heavy atom. The summed E-state index contributed by atoms with van der Waals surface area (Å²) < 4.78 is 37.3. The zero-order valence-electron chi connectivity index (χ0n) is 11.6. The fraction of sp³-hybridized carbons (Fsp3) is 0.778. The first-order valence-electron chi connectivity index (χ1n) is 6.01. The summed E-state index contributed by atoms with van der Waals surface area (Å²) in [6.07, 6.45) is 2.52. The fourth-order valence-electron chi connectivity index (χ4n) is 1.72. The van der Waals surface area contributed by atoms with Gasteiger partial charge in [0.15, 0.2) is 24.6 Å². The monoisotopic (exact) mass is 358 g/mol. The molecule has 1 aromatic heterocycles. The summed E-state index contributed by atoms with van der Waals surface area (Å²) in [5, 5.41) is 3.98. The minimum Gasteiger partial charge on any atom is -0.391 e. The Balaban J connectivity index is 2.31. The second-order valence-electron chi connectivity index (χ2n) is 4.28. The van der Waals surface area contributed by atoms with Crippen molar-refractivity contribution in [3.63, 3.8) is 0 Å². The van der Waals surface area contributed by atoms with E-state index in [1.165, 1.54) is 14.2 Å². The largest absolute Gasteiger partial charge is 0.487 e. The van der Waals surface area contributed by atoms with Gasteiger partial charge in [-0.2, -0.15) is 7.94 Å². The lowest BCUT2D eigenvalue weighted by Crippen LogP contribution is -2.15. The first-order chi connectivity index (χ1) is 10.0. The molecule has 0 amide bonds. The van der Waals surface area contributed by atoms with Crippen LogP contribution in [0.4, 0.5) is 0 Å². The molecule has 1 fully saturated rings. The molecule has 1 saturated carbocycles. The van der Waals surface area contributed by atoms with Crippen LogP contribution in [0.3, 0.4) is 0 Å². The van der Waals surface area contributed by atoms with Gasteiger partial charge in [0.25, 0.3) is 0 Å². The van der Waals surface area contributed by atoms with E-state index in [0.717, 1.165) is 19.3 Å². The molecule has 0 bridgehead atoms. The number of hydrogen-bond donors (Lipinski definition) is 0. The second kappa shape index (κ2) is 6.86. The van der Waals surface area contributed by atoms with Crippen molar-refractivity contribution < 1.29 is 25.3 Å². The van der Waals surface area contributed by atoms with E-state index < -0.39 is 13.5 Å². The van der Waals surface area contributed by atoms with Gasteiger partial charge in [0.05, 0.1) is 14.2 Å². The standard InChI is InChI=1S/C9H15N2O7PS2/c1-4-9(5-6-9)7-10-11(8(12)16-7)19(13,17-20-14-2)18-21-15-3/h4-6H2,1-3H3. The van der Waals surface area contributed by atoms with Crippen LogP contribution in [-0.2, 0) is 26.3 Å². The fourth-order valence-corrected chi connectivity index (χ4v) is 4.08. The van der Waals surface area contributed by atoms with Crippen LogP contribution in [-0.4, -0.2) is 23.8 Å². The highest BCUT2D eigenvalue weighted by atomic mass is 32.2. The topological polar surface area (TPSA) is 102 Å². The van der Waals surface area contributed by atoms with Crippen molar-refractivity contribution in [1.82, 2.24) is 9.55 Å². The maximum atomic E-state index is 12.6. The Bertz CT molecular complexity index is 573.